The molecule has 13 aromatic heterocycles. The second-order valence-electron chi connectivity index (χ2n) is 33.2. The molecule has 24 aromatic rings. The first-order chi connectivity index (χ1) is 69.2. The number of allylic oxidation sites excluding steroid dienone is 8. The predicted octanol–water partition coefficient (Wildman–Crippen LogP) is 28.6. The third-order valence-electron chi connectivity index (χ3n) is 22.7. The summed E-state index contributed by atoms with van der Waals surface area (Å²) >= 11 is 1.70. The quantitative estimate of drug-likeness (QED) is 0.0475. The maximum atomic E-state index is 10.0. The number of hydrogen-bond donors (Lipinski definition) is 4. The van der Waals surface area contributed by atoms with Gasteiger partial charge in [-0.1, -0.05) is 185 Å². The van der Waals surface area contributed by atoms with Gasteiger partial charge in [-0.3, -0.25) is 29.1 Å². The molecular formula is C120H95N13O8Pt4S-4. The fourth-order valence-electron chi connectivity index (χ4n) is 17.4. The van der Waals surface area contributed by atoms with Crippen molar-refractivity contribution in [2.75, 3.05) is 4.90 Å². The summed E-state index contributed by atoms with van der Waals surface area (Å²) < 4.78 is 13.6. The number of pyridine rings is 6. The first kappa shape index (κ1) is 107. The Hall–Kier alpha value is -15.8. The second-order valence-corrected chi connectivity index (χ2v) is 34.0. The maximum Gasteiger partial charge on any atom is 0.155 e. The molecule has 0 unspecified atom stereocenters. The van der Waals surface area contributed by atoms with Crippen LogP contribution in [0.3, 0.4) is 0 Å². The molecule has 13 heterocycles. The van der Waals surface area contributed by atoms with Gasteiger partial charge in [0, 0.05) is 274 Å². The van der Waals surface area contributed by atoms with Gasteiger partial charge >= 0.3 is 0 Å². The molecule has 0 aliphatic heterocycles. The number of rotatable bonds is 13. The van der Waals surface area contributed by atoms with Gasteiger partial charge in [-0.05, 0) is 245 Å². The summed E-state index contributed by atoms with van der Waals surface area (Å²) in [4.78, 5) is 70.7. The summed E-state index contributed by atoms with van der Waals surface area (Å²) in [6, 6.07) is 127. The summed E-state index contributed by atoms with van der Waals surface area (Å²) in [5, 5.41) is 44.3. The molecule has 0 spiro atoms. The van der Waals surface area contributed by atoms with E-state index in [1.54, 1.807) is 11.3 Å². The van der Waals surface area contributed by atoms with Gasteiger partial charge in [0.1, 0.15) is 0 Å². The molecule has 0 amide bonds. The Balaban J connectivity index is 0.000000150. The molecule has 4 N–H and O–H groups in total. The van der Waals surface area contributed by atoms with Crippen LogP contribution in [0.4, 0.5) is 17.1 Å². The minimum atomic E-state index is -0.125. The number of fused-ring (bicyclic) bond motifs is 18. The zero-order chi connectivity index (χ0) is 98.9. The van der Waals surface area contributed by atoms with E-state index in [1.807, 2.05) is 134 Å². The first-order valence-electron chi connectivity index (χ1n) is 45.6. The number of anilines is 3. The van der Waals surface area contributed by atoms with E-state index >= 15 is 0 Å². The van der Waals surface area contributed by atoms with Gasteiger partial charge < -0.3 is 72.7 Å². The maximum absolute atomic E-state index is 10.0. The summed E-state index contributed by atoms with van der Waals surface area (Å²) in [5.74, 6) is -0.250. The van der Waals surface area contributed by atoms with E-state index in [9.17, 15) is 19.2 Å². The van der Waals surface area contributed by atoms with E-state index in [0.717, 1.165) is 150 Å². The van der Waals surface area contributed by atoms with E-state index in [4.69, 9.17) is 20.4 Å². The molecule has 0 atom stereocenters. The number of carbonyl (C=O) groups is 4. The van der Waals surface area contributed by atoms with Crippen molar-refractivity contribution in [3.05, 3.63) is 454 Å². The summed E-state index contributed by atoms with van der Waals surface area (Å²) in [6.07, 6.45) is 19.5. The summed E-state index contributed by atoms with van der Waals surface area (Å²) in [6.45, 7) is 11.4. The van der Waals surface area contributed by atoms with Gasteiger partial charge in [0.05, 0.1) is 23.0 Å². The van der Waals surface area contributed by atoms with E-state index in [2.05, 4.69) is 335 Å². The number of benzene rings is 11. The van der Waals surface area contributed by atoms with Crippen LogP contribution in [-0.2, 0) is 103 Å². The molecule has 0 bridgehead atoms. The van der Waals surface area contributed by atoms with Crippen molar-refractivity contribution in [1.29, 1.82) is 0 Å². The molecular weight excluding hydrogens is 2560 g/mol. The molecule has 0 radical (unpaired) electrons. The molecule has 0 saturated carbocycles. The molecule has 0 saturated heterocycles. The van der Waals surface area contributed by atoms with E-state index in [1.165, 1.54) is 112 Å². The Morgan fingerprint density at radius 2 is 0.541 bits per heavy atom. The normalized spacial score (nSPS) is 11.2. The minimum absolute atomic E-state index is 0. The van der Waals surface area contributed by atoms with Crippen LogP contribution in [0.2, 0.25) is 0 Å². The largest absolute Gasteiger partial charge is 0.512 e. The van der Waals surface area contributed by atoms with Crippen molar-refractivity contribution in [3.63, 3.8) is 0 Å². The monoisotopic (exact) mass is 2660 g/mol. The topological polar surface area (TPSA) is 259 Å². The molecule has 24 rings (SSSR count). The van der Waals surface area contributed by atoms with Crippen LogP contribution in [0.25, 0.3) is 165 Å². The summed E-state index contributed by atoms with van der Waals surface area (Å²) in [7, 11) is 0. The molecule has 0 fully saturated rings. The number of aliphatic hydroxyl groups excluding tert-OH is 4. The number of nitrogens with zero attached hydrogens (tertiary/aromatic N) is 13. The number of aromatic nitrogens is 12. The molecule has 11 aromatic carbocycles. The van der Waals surface area contributed by atoms with Crippen LogP contribution < -0.4 is 4.90 Å². The first-order valence-corrected chi connectivity index (χ1v) is 46.5. The number of carbonyl (C=O) groups excluding carboxylic acids is 4. The minimum Gasteiger partial charge on any atom is -0.512 e. The van der Waals surface area contributed by atoms with Crippen LogP contribution in [0, 0.1) is 24.3 Å². The third-order valence-corrected chi connectivity index (χ3v) is 23.6. The Bertz CT molecular complexity index is 8330. The van der Waals surface area contributed by atoms with Gasteiger partial charge in [-0.2, -0.15) is 6.07 Å². The fraction of sp³-hybridized carbons (Fsp3) is 0.0667. The van der Waals surface area contributed by atoms with Crippen molar-refractivity contribution >= 4 is 182 Å². The van der Waals surface area contributed by atoms with Gasteiger partial charge in [-0.25, -0.2) is 11.3 Å². The van der Waals surface area contributed by atoms with Gasteiger partial charge in [0.15, 0.2) is 23.1 Å². The Morgan fingerprint density at radius 1 is 0.267 bits per heavy atom. The Kier molecular flexibility index (Phi) is 36.8. The Morgan fingerprint density at radius 3 is 0.870 bits per heavy atom. The van der Waals surface area contributed by atoms with Gasteiger partial charge in [-0.15, -0.1) is 41.8 Å². The van der Waals surface area contributed by atoms with Crippen molar-refractivity contribution in [2.45, 2.75) is 55.4 Å². The second kappa shape index (κ2) is 50.0. The van der Waals surface area contributed by atoms with E-state index in [0.29, 0.717) is 0 Å². The molecule has 738 valence electrons. The third kappa shape index (κ3) is 24.1. The van der Waals surface area contributed by atoms with Crippen LogP contribution in [0.15, 0.2) is 430 Å². The average molecular weight is 2660 g/mol. The number of hydrogen-bond acceptors (Lipinski definition) is 16. The number of para-hydroxylation sites is 8. The van der Waals surface area contributed by atoms with Crippen LogP contribution in [0.1, 0.15) is 55.4 Å². The zero-order valence-corrected chi connectivity index (χ0v) is 90.0. The molecule has 21 nitrogen and oxygen atoms in total. The number of aliphatic hydroxyl groups is 4. The van der Waals surface area contributed by atoms with E-state index in [-0.39, 0.29) is 130 Å². The number of ketones is 4. The molecule has 0 aliphatic rings. The van der Waals surface area contributed by atoms with Gasteiger partial charge in [0.2, 0.25) is 0 Å². The molecule has 26 heteroatoms. The smallest absolute Gasteiger partial charge is 0.155 e. The van der Waals surface area contributed by atoms with Crippen LogP contribution >= 0.6 is 11.3 Å². The van der Waals surface area contributed by atoms with E-state index < -0.39 is 0 Å². The number of thiophene rings is 1. The zero-order valence-electron chi connectivity index (χ0n) is 80.1. The van der Waals surface area contributed by atoms with Crippen LogP contribution in [0.5, 0.6) is 0 Å². The van der Waals surface area contributed by atoms with Crippen molar-refractivity contribution in [2.24, 2.45) is 0 Å². The standard InChI is InChI=1S/C29H18N3.C29H20N3.C27H16N5.C15H9N2S.4C5H8O2.4Pt/c1-2-9-20(10-3-1)31-27-15-8-18-30-29(27)24-17-16-21(19-28(24)31)32-25-13-6-4-11-22(25)23-12-5-7-14-26(23)32;1-4-11-22(12-5-1)31(23-13-6-2-7-14-23)25-18-19-26-28(21-25)32(24-15-8-3-9-16-24)27-17-10-20-30-29(26)27;1-2-5-18(6-3-1)31-25-7-4-12-30-27(25)20-9-8-19(15-26(20)31)32-23-10-13-28-16-21(23)22-17-29-14-11-24(22)32;1-2-5-11(6-3-1)17-13-7-4-9-16-14(13)12-8-10-18-15(12)17;4*1-4(6)3-5(2)7;;;;/h1-16,18-19H;1-18,20-21H;1-8,10-17H;1-7,9-10H;4*3,6H,1-2H3;;;;/q4*-1;;;;;;;;. The molecule has 146 heavy (non-hydrogen) atoms. The predicted molar refractivity (Wildman–Crippen MR) is 575 cm³/mol. The van der Waals surface area contributed by atoms with Crippen molar-refractivity contribution in [1.82, 2.24) is 57.3 Å². The van der Waals surface area contributed by atoms with Crippen molar-refractivity contribution in [3.8, 4) is 34.1 Å². The van der Waals surface area contributed by atoms with Gasteiger partial charge in [0.25, 0.3) is 0 Å². The van der Waals surface area contributed by atoms with Crippen LogP contribution in [-0.4, -0.2) is 101 Å². The SMILES string of the molecule is CC(=O)C=C(C)O.CC(=O)C=C(C)O.CC(=O)C=C(C)O.CC(=O)C=C(C)O.[Pt].[Pt].[Pt].[Pt].[c-]1cc(-n2c3ccccc3c3ccccc32)cc2c1c1ncccc1n2-c1ccccc1.[c-]1cc(-n2c3ccncc3c3cnccc32)cc2c1c1ncccc1n2-c1ccccc1.[c-]1cc(N(c2ccccc2)c2ccccc2)cc2c1c1ncccc1n2-c1ccccc1.[c-]1csc2c1c1ncccc1n2-c1ccccc1. The fourth-order valence-corrected chi connectivity index (χ4v) is 18.3. The average Bonchev–Trinajstić information content (AvgIpc) is 1.58. The summed E-state index contributed by atoms with van der Waals surface area (Å²) in [5.41, 5.74) is 26.0. The molecule has 0 aliphatic carbocycles. The van der Waals surface area contributed by atoms with Crippen molar-refractivity contribution < 1.29 is 124 Å². The Labute approximate surface area is 903 Å².